The second-order valence-electron chi connectivity index (χ2n) is 4.55. The van der Waals surface area contributed by atoms with Gasteiger partial charge in [0.2, 0.25) is 5.91 Å². The summed E-state index contributed by atoms with van der Waals surface area (Å²) in [5.41, 5.74) is 0.739. The van der Waals surface area contributed by atoms with Crippen molar-refractivity contribution >= 4 is 34.8 Å². The van der Waals surface area contributed by atoms with E-state index in [1.54, 1.807) is 32.0 Å². The van der Waals surface area contributed by atoms with Gasteiger partial charge in [-0.05, 0) is 38.1 Å². The molecular weight excluding hydrogens is 313 g/mol. The van der Waals surface area contributed by atoms with E-state index >= 15 is 0 Å². The highest BCUT2D eigenvalue weighted by Crippen LogP contribution is 2.25. The first-order chi connectivity index (χ1) is 9.88. The van der Waals surface area contributed by atoms with Crippen LogP contribution in [0.4, 0.5) is 5.69 Å². The van der Waals surface area contributed by atoms with Crippen LogP contribution in [0.3, 0.4) is 0 Å². The molecule has 0 bridgehead atoms. The Bertz CT molecular complexity index is 743. The van der Waals surface area contributed by atoms with E-state index in [9.17, 15) is 9.59 Å². The average Bonchev–Trinajstić information content (AvgIpc) is 2.43. The van der Waals surface area contributed by atoms with E-state index in [1.807, 2.05) is 0 Å². The number of nitrogens with one attached hydrogen (secondary N) is 1. The number of hydrogen-bond donors (Lipinski definition) is 1. The number of amides is 1. The van der Waals surface area contributed by atoms with Gasteiger partial charge in [-0.15, -0.1) is 0 Å². The Kier molecular flexibility index (Phi) is 4.65. The van der Waals surface area contributed by atoms with Gasteiger partial charge >= 0.3 is 0 Å². The summed E-state index contributed by atoms with van der Waals surface area (Å²) >= 11 is 11.8. The van der Waals surface area contributed by atoms with Crippen LogP contribution in [0.15, 0.2) is 35.1 Å². The monoisotopic (exact) mass is 325 g/mol. The lowest BCUT2D eigenvalue weighted by Gasteiger charge is -2.15. The number of carbonyl (C=O) groups is 1. The van der Waals surface area contributed by atoms with Crippen molar-refractivity contribution in [3.63, 3.8) is 0 Å². The highest BCUT2D eigenvalue weighted by Gasteiger charge is 2.18. The van der Waals surface area contributed by atoms with Crippen LogP contribution in [0.1, 0.15) is 18.7 Å². The Labute approximate surface area is 131 Å². The Hall–Kier alpha value is -1.85. The predicted molar refractivity (Wildman–Crippen MR) is 83.0 cm³/mol. The number of hydrogen-bond acceptors (Lipinski definition) is 3. The van der Waals surface area contributed by atoms with Gasteiger partial charge in [0, 0.05) is 11.1 Å². The molecule has 7 heteroatoms. The van der Waals surface area contributed by atoms with Crippen molar-refractivity contribution in [1.82, 2.24) is 9.78 Å². The smallest absolute Gasteiger partial charge is 0.267 e. The van der Waals surface area contributed by atoms with Crippen LogP contribution in [-0.4, -0.2) is 15.7 Å². The SMILES string of the molecule is Cc1ccc(=O)n(C(C)C(=O)Nc2ccc(Cl)cc2Cl)n1. The van der Waals surface area contributed by atoms with Crippen LogP contribution >= 0.6 is 23.2 Å². The fourth-order valence-electron chi connectivity index (χ4n) is 1.74. The van der Waals surface area contributed by atoms with Gasteiger partial charge in [-0.3, -0.25) is 9.59 Å². The number of carbonyl (C=O) groups excluding carboxylic acids is 1. The summed E-state index contributed by atoms with van der Waals surface area (Å²) in [6.07, 6.45) is 0. The van der Waals surface area contributed by atoms with Gasteiger partial charge in [0.05, 0.1) is 16.4 Å². The van der Waals surface area contributed by atoms with E-state index < -0.39 is 6.04 Å². The second-order valence-corrected chi connectivity index (χ2v) is 5.39. The third-order valence-corrected chi connectivity index (χ3v) is 3.44. The lowest BCUT2D eigenvalue weighted by molar-refractivity contribution is -0.119. The number of rotatable bonds is 3. The third-order valence-electron chi connectivity index (χ3n) is 2.89. The molecule has 5 nitrogen and oxygen atoms in total. The van der Waals surface area contributed by atoms with Gasteiger partial charge < -0.3 is 5.32 Å². The number of nitrogens with zero attached hydrogens (tertiary/aromatic N) is 2. The van der Waals surface area contributed by atoms with Crippen molar-refractivity contribution in [2.45, 2.75) is 19.9 Å². The maximum absolute atomic E-state index is 12.2. The largest absolute Gasteiger partial charge is 0.323 e. The van der Waals surface area contributed by atoms with Crippen LogP contribution in [-0.2, 0) is 4.79 Å². The van der Waals surface area contributed by atoms with Crippen molar-refractivity contribution in [1.29, 1.82) is 0 Å². The summed E-state index contributed by atoms with van der Waals surface area (Å²) in [6.45, 7) is 3.34. The maximum atomic E-state index is 12.2. The Morgan fingerprint density at radius 3 is 2.67 bits per heavy atom. The van der Waals surface area contributed by atoms with Gasteiger partial charge in [-0.25, -0.2) is 4.68 Å². The summed E-state index contributed by atoms with van der Waals surface area (Å²) in [6, 6.07) is 6.96. The van der Waals surface area contributed by atoms with Gasteiger partial charge in [0.25, 0.3) is 5.56 Å². The van der Waals surface area contributed by atoms with Gasteiger partial charge in [0.1, 0.15) is 6.04 Å². The van der Waals surface area contributed by atoms with Crippen LogP contribution in [0.25, 0.3) is 0 Å². The van der Waals surface area contributed by atoms with Gasteiger partial charge in [-0.1, -0.05) is 23.2 Å². The van der Waals surface area contributed by atoms with E-state index in [2.05, 4.69) is 10.4 Å². The number of aromatic nitrogens is 2. The molecule has 1 heterocycles. The lowest BCUT2D eigenvalue weighted by Crippen LogP contribution is -2.33. The molecule has 0 aliphatic carbocycles. The molecule has 0 saturated heterocycles. The number of benzene rings is 1. The first kappa shape index (κ1) is 15.5. The summed E-state index contributed by atoms with van der Waals surface area (Å²) < 4.78 is 1.13. The zero-order valence-electron chi connectivity index (χ0n) is 11.4. The molecule has 110 valence electrons. The zero-order valence-corrected chi connectivity index (χ0v) is 12.9. The Morgan fingerprint density at radius 2 is 2.00 bits per heavy atom. The minimum Gasteiger partial charge on any atom is -0.323 e. The molecule has 1 N–H and O–H groups in total. The van der Waals surface area contributed by atoms with Crippen LogP contribution in [0, 0.1) is 6.92 Å². The molecule has 1 unspecified atom stereocenters. The summed E-state index contributed by atoms with van der Waals surface area (Å²) in [5.74, 6) is -0.389. The second kappa shape index (κ2) is 6.28. The molecule has 0 aliphatic rings. The Morgan fingerprint density at radius 1 is 1.29 bits per heavy atom. The summed E-state index contributed by atoms with van der Waals surface area (Å²) in [5, 5.41) is 7.52. The highest BCUT2D eigenvalue weighted by molar-refractivity contribution is 6.36. The molecule has 1 aromatic heterocycles. The van der Waals surface area contributed by atoms with Gasteiger partial charge in [0.15, 0.2) is 0 Å². The van der Waals surface area contributed by atoms with Crippen molar-refractivity contribution in [3.05, 3.63) is 56.4 Å². The normalized spacial score (nSPS) is 12.0. The molecule has 2 rings (SSSR count). The Balaban J connectivity index is 2.23. The number of aryl methyl sites for hydroxylation is 1. The van der Waals surface area contributed by atoms with Crippen molar-refractivity contribution < 1.29 is 4.79 Å². The molecular formula is C14H13Cl2N3O2. The van der Waals surface area contributed by atoms with Crippen LogP contribution in [0.5, 0.6) is 0 Å². The highest BCUT2D eigenvalue weighted by atomic mass is 35.5. The molecule has 0 spiro atoms. The molecule has 1 aromatic carbocycles. The van der Waals surface area contributed by atoms with E-state index in [4.69, 9.17) is 23.2 Å². The predicted octanol–water partition coefficient (Wildman–Crippen LogP) is 3.06. The molecule has 0 fully saturated rings. The minimum atomic E-state index is -0.760. The van der Waals surface area contributed by atoms with Crippen LogP contribution in [0.2, 0.25) is 10.0 Å². The molecule has 1 atom stereocenters. The maximum Gasteiger partial charge on any atom is 0.267 e. The molecule has 0 radical (unpaired) electrons. The number of anilines is 1. The topological polar surface area (TPSA) is 64.0 Å². The molecule has 21 heavy (non-hydrogen) atoms. The lowest BCUT2D eigenvalue weighted by atomic mass is 10.2. The van der Waals surface area contributed by atoms with E-state index in [-0.39, 0.29) is 11.5 Å². The van der Waals surface area contributed by atoms with E-state index in [0.29, 0.717) is 21.4 Å². The fraction of sp³-hybridized carbons (Fsp3) is 0.214. The van der Waals surface area contributed by atoms with Crippen LogP contribution < -0.4 is 10.9 Å². The molecule has 0 saturated carbocycles. The first-order valence-electron chi connectivity index (χ1n) is 6.21. The average molecular weight is 326 g/mol. The first-order valence-corrected chi connectivity index (χ1v) is 6.96. The fourth-order valence-corrected chi connectivity index (χ4v) is 2.19. The van der Waals surface area contributed by atoms with E-state index in [0.717, 1.165) is 4.68 Å². The molecule has 2 aromatic rings. The molecule has 0 aliphatic heterocycles. The minimum absolute atomic E-state index is 0.326. The quantitative estimate of drug-likeness (QED) is 0.943. The van der Waals surface area contributed by atoms with Crippen molar-refractivity contribution in [2.24, 2.45) is 0 Å². The van der Waals surface area contributed by atoms with Crippen molar-refractivity contribution in [3.8, 4) is 0 Å². The standard InChI is InChI=1S/C14H13Cl2N3O2/c1-8-3-6-13(20)19(18-8)9(2)14(21)17-12-5-4-10(15)7-11(12)16/h3-7,9H,1-2H3,(H,17,21). The van der Waals surface area contributed by atoms with Gasteiger partial charge in [-0.2, -0.15) is 5.10 Å². The van der Waals surface area contributed by atoms with Crippen molar-refractivity contribution in [2.75, 3.05) is 5.32 Å². The third kappa shape index (κ3) is 3.62. The zero-order chi connectivity index (χ0) is 15.6. The number of halogens is 2. The summed E-state index contributed by atoms with van der Waals surface area (Å²) in [4.78, 5) is 24.0. The van der Waals surface area contributed by atoms with E-state index in [1.165, 1.54) is 12.1 Å². The summed E-state index contributed by atoms with van der Waals surface area (Å²) in [7, 11) is 0. The molecule has 1 amide bonds.